The van der Waals surface area contributed by atoms with Gasteiger partial charge in [0.2, 0.25) is 0 Å². The fourth-order valence-electron chi connectivity index (χ4n) is 10.2. The van der Waals surface area contributed by atoms with Gasteiger partial charge in [-0.15, -0.1) is 0 Å². The van der Waals surface area contributed by atoms with Crippen LogP contribution in [0.5, 0.6) is 0 Å². The number of unbranched alkanes of at least 4 members (excludes halogenated alkanes) is 40. The van der Waals surface area contributed by atoms with Crippen molar-refractivity contribution in [3.05, 3.63) is 85.1 Å². The van der Waals surface area contributed by atoms with Gasteiger partial charge in [0.15, 0.2) is 6.10 Å². The minimum Gasteiger partial charge on any atom is -0.462 e. The molecule has 0 saturated heterocycles. The highest BCUT2D eigenvalue weighted by molar-refractivity contribution is 5.72. The predicted octanol–water partition coefficient (Wildman–Crippen LogP) is 24.2. The van der Waals surface area contributed by atoms with Gasteiger partial charge < -0.3 is 14.2 Å². The van der Waals surface area contributed by atoms with Gasteiger partial charge >= 0.3 is 17.9 Å². The SMILES string of the molecule is CC/C=C\C/C=C\C/C=C\C/C=C\C/C=C\CC(=O)OCC(COC(=O)CCCCCCCCCCCCCCCCCCCCCCCCCCCCCCC)OC(=O)CCCCCCCCCCC/C=C\C/C=C\CCCCC. The Balaban J connectivity index is 4.28. The molecule has 0 N–H and O–H groups in total. The first kappa shape index (κ1) is 77.6. The first-order chi connectivity index (χ1) is 40.0. The maximum Gasteiger partial charge on any atom is 0.309 e. The lowest BCUT2D eigenvalue weighted by Gasteiger charge is -2.18. The lowest BCUT2D eigenvalue weighted by atomic mass is 10.0. The first-order valence-electron chi connectivity index (χ1n) is 35.1. The number of carbonyl (C=O) groups excluding carboxylic acids is 3. The molecule has 0 aromatic rings. The quantitative estimate of drug-likeness (QED) is 0.0261. The molecule has 1 unspecified atom stereocenters. The third-order valence-corrected chi connectivity index (χ3v) is 15.4. The summed E-state index contributed by atoms with van der Waals surface area (Å²) in [5.41, 5.74) is 0. The second-order valence-corrected chi connectivity index (χ2v) is 23.4. The summed E-state index contributed by atoms with van der Waals surface area (Å²) in [5.74, 6) is -1.03. The molecule has 0 aromatic heterocycles. The van der Waals surface area contributed by atoms with Gasteiger partial charge in [0.05, 0.1) is 6.42 Å². The normalized spacial score (nSPS) is 12.6. The second-order valence-electron chi connectivity index (χ2n) is 23.4. The van der Waals surface area contributed by atoms with Gasteiger partial charge in [-0.25, -0.2) is 0 Å². The number of hydrogen-bond donors (Lipinski definition) is 0. The molecular weight excluding hydrogens is 997 g/mol. The van der Waals surface area contributed by atoms with E-state index >= 15 is 0 Å². The van der Waals surface area contributed by atoms with E-state index in [0.717, 1.165) is 77.0 Å². The van der Waals surface area contributed by atoms with E-state index in [9.17, 15) is 14.4 Å². The van der Waals surface area contributed by atoms with E-state index in [0.29, 0.717) is 12.8 Å². The number of esters is 3. The average Bonchev–Trinajstić information content (AvgIpc) is 3.47. The van der Waals surface area contributed by atoms with E-state index < -0.39 is 12.1 Å². The third kappa shape index (κ3) is 67.3. The van der Waals surface area contributed by atoms with Crippen LogP contribution in [0.4, 0.5) is 0 Å². The molecule has 0 heterocycles. The van der Waals surface area contributed by atoms with Gasteiger partial charge in [-0.3, -0.25) is 14.4 Å². The molecule has 0 amide bonds. The summed E-state index contributed by atoms with van der Waals surface area (Å²) in [6.45, 7) is 6.46. The Bertz CT molecular complexity index is 1530. The summed E-state index contributed by atoms with van der Waals surface area (Å²) >= 11 is 0. The van der Waals surface area contributed by atoms with E-state index in [4.69, 9.17) is 14.2 Å². The standard InChI is InChI=1S/C75H132O6/c1-4-7-10-13-16-19-22-25-28-30-32-33-34-35-36-37-38-39-40-41-43-44-47-50-53-56-59-62-65-68-74(77)80-71-72(70-79-73(76)67-64-61-58-55-52-49-46-27-24-21-18-15-12-9-6-3)81-75(78)69-66-63-60-57-54-51-48-45-42-31-29-26-23-20-17-14-11-8-5-2/h9,12,17-18,20-21,26-27,29,46,52,55,61,64,72H,4-8,10-11,13-16,19,22-25,28,30-45,47-51,53-54,56-60,62-63,65-71H2,1-3H3/b12-9-,20-17-,21-18-,29-26-,46-27-,55-52-,64-61-. The number of ether oxygens (including phenoxy) is 3. The molecule has 0 aliphatic heterocycles. The molecular formula is C75H132O6. The van der Waals surface area contributed by atoms with Crippen molar-refractivity contribution >= 4 is 17.9 Å². The van der Waals surface area contributed by atoms with Gasteiger partial charge in [-0.1, -0.05) is 343 Å². The Morgan fingerprint density at radius 2 is 0.531 bits per heavy atom. The number of allylic oxidation sites excluding steroid dienone is 13. The molecule has 0 radical (unpaired) electrons. The lowest BCUT2D eigenvalue weighted by Crippen LogP contribution is -2.30. The summed E-state index contributed by atoms with van der Waals surface area (Å²) in [5, 5.41) is 0. The van der Waals surface area contributed by atoms with Crippen LogP contribution in [-0.4, -0.2) is 37.2 Å². The fraction of sp³-hybridized carbons (Fsp3) is 0.773. The van der Waals surface area contributed by atoms with Crippen molar-refractivity contribution < 1.29 is 28.6 Å². The van der Waals surface area contributed by atoms with Crippen LogP contribution in [0.3, 0.4) is 0 Å². The summed E-state index contributed by atoms with van der Waals surface area (Å²) in [6.07, 6.45) is 92.2. The monoisotopic (exact) mass is 1130 g/mol. The van der Waals surface area contributed by atoms with Gasteiger partial charge in [-0.2, -0.15) is 0 Å². The van der Waals surface area contributed by atoms with Crippen molar-refractivity contribution in [2.75, 3.05) is 13.2 Å². The lowest BCUT2D eigenvalue weighted by molar-refractivity contribution is -0.166. The Kier molecular flexibility index (Phi) is 66.2. The molecule has 6 nitrogen and oxygen atoms in total. The topological polar surface area (TPSA) is 78.9 Å². The summed E-state index contributed by atoms with van der Waals surface area (Å²) < 4.78 is 16.9. The maximum absolute atomic E-state index is 12.9. The number of carbonyl (C=O) groups is 3. The van der Waals surface area contributed by atoms with Crippen LogP contribution in [-0.2, 0) is 28.6 Å². The zero-order valence-corrected chi connectivity index (χ0v) is 53.8. The first-order valence-corrected chi connectivity index (χ1v) is 35.1. The molecule has 0 spiro atoms. The molecule has 81 heavy (non-hydrogen) atoms. The van der Waals surface area contributed by atoms with Crippen molar-refractivity contribution in [3.63, 3.8) is 0 Å². The molecule has 0 rings (SSSR count). The van der Waals surface area contributed by atoms with Crippen molar-refractivity contribution in [2.45, 2.75) is 361 Å². The van der Waals surface area contributed by atoms with Crippen molar-refractivity contribution in [1.29, 1.82) is 0 Å². The van der Waals surface area contributed by atoms with Crippen molar-refractivity contribution in [1.82, 2.24) is 0 Å². The highest BCUT2D eigenvalue weighted by Crippen LogP contribution is 2.18. The predicted molar refractivity (Wildman–Crippen MR) is 353 cm³/mol. The molecule has 0 aromatic carbocycles. The van der Waals surface area contributed by atoms with E-state index in [1.54, 1.807) is 6.08 Å². The minimum atomic E-state index is -0.819. The molecule has 0 bridgehead atoms. The molecule has 6 heteroatoms. The second kappa shape index (κ2) is 69.1. The fourth-order valence-corrected chi connectivity index (χ4v) is 10.2. The average molecular weight is 1130 g/mol. The zero-order chi connectivity index (χ0) is 58.5. The van der Waals surface area contributed by atoms with E-state index in [-0.39, 0.29) is 31.6 Å². The molecule has 0 fully saturated rings. The van der Waals surface area contributed by atoms with E-state index in [1.807, 2.05) is 6.08 Å². The summed E-state index contributed by atoms with van der Waals surface area (Å²) in [4.78, 5) is 38.3. The van der Waals surface area contributed by atoms with E-state index in [1.165, 1.54) is 238 Å². The number of rotatable bonds is 64. The molecule has 468 valence electrons. The zero-order valence-electron chi connectivity index (χ0n) is 53.8. The molecule has 0 aliphatic rings. The van der Waals surface area contributed by atoms with Gasteiger partial charge in [0, 0.05) is 12.8 Å². The van der Waals surface area contributed by atoms with Gasteiger partial charge in [0.25, 0.3) is 0 Å². The maximum atomic E-state index is 12.9. The van der Waals surface area contributed by atoms with Crippen LogP contribution in [0.2, 0.25) is 0 Å². The van der Waals surface area contributed by atoms with Crippen LogP contribution in [0.1, 0.15) is 355 Å². The Morgan fingerprint density at radius 3 is 0.889 bits per heavy atom. The van der Waals surface area contributed by atoms with Crippen LogP contribution in [0, 0.1) is 0 Å². The number of hydrogen-bond acceptors (Lipinski definition) is 6. The van der Waals surface area contributed by atoms with Crippen LogP contribution >= 0.6 is 0 Å². The molecule has 0 saturated carbocycles. The highest BCUT2D eigenvalue weighted by atomic mass is 16.6. The molecule has 1 atom stereocenters. The van der Waals surface area contributed by atoms with Gasteiger partial charge in [0.1, 0.15) is 13.2 Å². The van der Waals surface area contributed by atoms with Gasteiger partial charge in [-0.05, 0) is 77.0 Å². The largest absolute Gasteiger partial charge is 0.462 e. The van der Waals surface area contributed by atoms with E-state index in [2.05, 4.69) is 93.7 Å². The van der Waals surface area contributed by atoms with Crippen LogP contribution in [0.15, 0.2) is 85.1 Å². The summed E-state index contributed by atoms with van der Waals surface area (Å²) in [7, 11) is 0. The van der Waals surface area contributed by atoms with Crippen LogP contribution in [0.25, 0.3) is 0 Å². The summed E-state index contributed by atoms with van der Waals surface area (Å²) in [6, 6.07) is 0. The third-order valence-electron chi connectivity index (χ3n) is 15.4. The Labute approximate surface area is 503 Å². The minimum absolute atomic E-state index is 0.105. The Morgan fingerprint density at radius 1 is 0.272 bits per heavy atom. The van der Waals surface area contributed by atoms with Crippen LogP contribution < -0.4 is 0 Å². The van der Waals surface area contributed by atoms with Crippen molar-refractivity contribution in [2.24, 2.45) is 0 Å². The Hall–Kier alpha value is -3.41. The smallest absolute Gasteiger partial charge is 0.309 e. The highest BCUT2D eigenvalue weighted by Gasteiger charge is 2.19. The molecule has 0 aliphatic carbocycles. The van der Waals surface area contributed by atoms with Crippen molar-refractivity contribution in [3.8, 4) is 0 Å².